The molecule has 29 heavy (non-hydrogen) atoms. The van der Waals surface area contributed by atoms with Crippen molar-refractivity contribution in [1.29, 1.82) is 0 Å². The molecule has 1 aromatic carbocycles. The highest BCUT2D eigenvalue weighted by Crippen LogP contribution is 2.27. The number of ether oxygens (including phenoxy) is 2. The minimum atomic E-state index is -4.93. The zero-order valence-corrected chi connectivity index (χ0v) is 15.6. The van der Waals surface area contributed by atoms with Crippen LogP contribution >= 0.6 is 0 Å². The lowest BCUT2D eigenvalue weighted by molar-refractivity contribution is -0.174. The van der Waals surface area contributed by atoms with E-state index in [0.717, 1.165) is 0 Å². The summed E-state index contributed by atoms with van der Waals surface area (Å²) >= 11 is 0. The third-order valence-electron chi connectivity index (χ3n) is 3.76. The van der Waals surface area contributed by atoms with E-state index in [4.69, 9.17) is 13.9 Å². The number of fused-ring (bicyclic) bond motifs is 1. The lowest BCUT2D eigenvalue weighted by atomic mass is 10.3. The molecule has 1 atom stereocenters. The molecule has 0 saturated heterocycles. The Morgan fingerprint density at radius 1 is 1.21 bits per heavy atom. The minimum Gasteiger partial charge on any atom is -0.494 e. The molecule has 0 saturated carbocycles. The molecule has 0 aliphatic carbocycles. The number of aromatic nitrogens is 2. The maximum absolute atomic E-state index is 12.2. The number of amides is 1. The van der Waals surface area contributed by atoms with Gasteiger partial charge in [0, 0.05) is 6.07 Å². The summed E-state index contributed by atoms with van der Waals surface area (Å²) in [6, 6.07) is 7.68. The number of nitrogens with zero attached hydrogens (tertiary/aromatic N) is 2. The Morgan fingerprint density at radius 3 is 2.62 bits per heavy atom. The first kappa shape index (κ1) is 20.4. The van der Waals surface area contributed by atoms with Crippen LogP contribution in [0.4, 0.5) is 13.2 Å². The van der Waals surface area contributed by atoms with Crippen LogP contribution in [-0.2, 0) is 4.79 Å². The molecular weight excluding hydrogens is 391 g/mol. The number of carbonyl (C=O) groups is 1. The summed E-state index contributed by atoms with van der Waals surface area (Å²) in [5, 5.41) is 1.81. The van der Waals surface area contributed by atoms with Gasteiger partial charge in [0.1, 0.15) is 29.3 Å². The molecular formula is C19H18F3N3O4. The van der Waals surface area contributed by atoms with Gasteiger partial charge in [0.05, 0.1) is 18.8 Å². The van der Waals surface area contributed by atoms with Crippen molar-refractivity contribution in [2.45, 2.75) is 26.1 Å². The minimum absolute atomic E-state index is 0.147. The van der Waals surface area contributed by atoms with E-state index in [1.54, 1.807) is 30.3 Å². The van der Waals surface area contributed by atoms with Gasteiger partial charge < -0.3 is 19.2 Å². The molecule has 0 unspecified atom stereocenters. The summed E-state index contributed by atoms with van der Waals surface area (Å²) in [7, 11) is 0. The number of hydrogen-bond donors (Lipinski definition) is 1. The van der Waals surface area contributed by atoms with Crippen molar-refractivity contribution < 1.29 is 31.9 Å². The summed E-state index contributed by atoms with van der Waals surface area (Å²) < 4.78 is 53.2. The SMILES string of the molecule is CCOc1ccc2nc(-c3ccc(OC[C@H](C)NC(=O)C(F)(F)F)cn3)oc2c1. The molecule has 3 rings (SSSR count). The molecule has 0 spiro atoms. The number of nitrogens with one attached hydrogen (secondary N) is 1. The van der Waals surface area contributed by atoms with Crippen LogP contribution in [0, 0.1) is 0 Å². The van der Waals surface area contributed by atoms with Crippen LogP contribution in [0.1, 0.15) is 13.8 Å². The molecule has 0 radical (unpaired) electrons. The highest BCUT2D eigenvalue weighted by Gasteiger charge is 2.39. The Balaban J connectivity index is 1.63. The third kappa shape index (κ3) is 5.15. The molecule has 7 nitrogen and oxygen atoms in total. The second kappa shape index (κ2) is 8.38. The lowest BCUT2D eigenvalue weighted by Crippen LogP contribution is -2.44. The monoisotopic (exact) mass is 409 g/mol. The molecule has 1 amide bonds. The van der Waals surface area contributed by atoms with E-state index >= 15 is 0 Å². The molecule has 0 aliphatic rings. The number of hydrogen-bond acceptors (Lipinski definition) is 6. The number of alkyl halides is 3. The Bertz CT molecular complexity index is 987. The van der Waals surface area contributed by atoms with Gasteiger partial charge >= 0.3 is 12.1 Å². The standard InChI is InChI=1S/C19H18F3N3O4/c1-3-27-12-4-6-14-16(8-12)29-17(25-14)15-7-5-13(9-23-15)28-10-11(2)24-18(26)19(20,21)22/h4-9,11H,3,10H2,1-2H3,(H,24,26)/t11-/m0/s1. The second-order valence-electron chi connectivity index (χ2n) is 6.14. The normalized spacial score (nSPS) is 12.6. The Morgan fingerprint density at radius 2 is 1.97 bits per heavy atom. The van der Waals surface area contributed by atoms with Crippen LogP contribution in [-0.4, -0.2) is 41.3 Å². The maximum atomic E-state index is 12.2. The predicted molar refractivity (Wildman–Crippen MR) is 97.6 cm³/mol. The Kier molecular flexibility index (Phi) is 5.90. The molecule has 154 valence electrons. The highest BCUT2D eigenvalue weighted by molar-refractivity contribution is 5.81. The highest BCUT2D eigenvalue weighted by atomic mass is 19.4. The summed E-state index contributed by atoms with van der Waals surface area (Å²) in [6.45, 7) is 3.68. The van der Waals surface area contributed by atoms with Gasteiger partial charge in [0.25, 0.3) is 0 Å². The smallest absolute Gasteiger partial charge is 0.471 e. The quantitative estimate of drug-likeness (QED) is 0.640. The van der Waals surface area contributed by atoms with E-state index in [9.17, 15) is 18.0 Å². The van der Waals surface area contributed by atoms with Crippen LogP contribution in [0.3, 0.4) is 0 Å². The number of benzene rings is 1. The topological polar surface area (TPSA) is 86.5 Å². The molecule has 0 fully saturated rings. The lowest BCUT2D eigenvalue weighted by Gasteiger charge is -2.15. The Hall–Kier alpha value is -3.30. The van der Waals surface area contributed by atoms with Crippen LogP contribution in [0.25, 0.3) is 22.7 Å². The third-order valence-corrected chi connectivity index (χ3v) is 3.76. The van der Waals surface area contributed by atoms with Crippen molar-refractivity contribution in [2.24, 2.45) is 0 Å². The zero-order chi connectivity index (χ0) is 21.0. The van der Waals surface area contributed by atoms with Gasteiger partial charge in [-0.15, -0.1) is 0 Å². The first-order chi connectivity index (χ1) is 13.8. The van der Waals surface area contributed by atoms with Crippen molar-refractivity contribution in [3.8, 4) is 23.1 Å². The molecule has 0 bridgehead atoms. The fraction of sp³-hybridized carbons (Fsp3) is 0.316. The fourth-order valence-corrected chi connectivity index (χ4v) is 2.43. The molecule has 2 heterocycles. The summed E-state index contributed by atoms with van der Waals surface area (Å²) in [5.74, 6) is -0.695. The fourth-order valence-electron chi connectivity index (χ4n) is 2.43. The van der Waals surface area contributed by atoms with E-state index < -0.39 is 18.1 Å². The molecule has 0 aliphatic heterocycles. The van der Waals surface area contributed by atoms with Crippen LogP contribution in [0.15, 0.2) is 40.9 Å². The van der Waals surface area contributed by atoms with Crippen molar-refractivity contribution in [3.05, 3.63) is 36.5 Å². The molecule has 1 N–H and O–H groups in total. The number of halogens is 3. The van der Waals surface area contributed by atoms with Crippen molar-refractivity contribution in [1.82, 2.24) is 15.3 Å². The molecule has 10 heteroatoms. The van der Waals surface area contributed by atoms with Gasteiger partial charge in [-0.1, -0.05) is 0 Å². The van der Waals surface area contributed by atoms with E-state index in [1.807, 2.05) is 12.2 Å². The van der Waals surface area contributed by atoms with Gasteiger partial charge in [-0.3, -0.25) is 4.79 Å². The van der Waals surface area contributed by atoms with E-state index in [1.165, 1.54) is 13.1 Å². The van der Waals surface area contributed by atoms with Gasteiger partial charge in [-0.25, -0.2) is 9.97 Å². The summed E-state index contributed by atoms with van der Waals surface area (Å²) in [5.41, 5.74) is 1.67. The van der Waals surface area contributed by atoms with Crippen LogP contribution in [0.5, 0.6) is 11.5 Å². The van der Waals surface area contributed by atoms with E-state index in [0.29, 0.717) is 40.8 Å². The summed E-state index contributed by atoms with van der Waals surface area (Å²) in [6.07, 6.45) is -3.53. The zero-order valence-electron chi connectivity index (χ0n) is 15.6. The average molecular weight is 409 g/mol. The van der Waals surface area contributed by atoms with E-state index in [-0.39, 0.29) is 6.61 Å². The van der Waals surface area contributed by atoms with Gasteiger partial charge in [0.2, 0.25) is 5.89 Å². The van der Waals surface area contributed by atoms with Crippen molar-refractivity contribution in [2.75, 3.05) is 13.2 Å². The predicted octanol–water partition coefficient (Wildman–Crippen LogP) is 3.73. The number of rotatable bonds is 7. The van der Waals surface area contributed by atoms with Gasteiger partial charge in [-0.2, -0.15) is 13.2 Å². The second-order valence-corrected chi connectivity index (χ2v) is 6.14. The van der Waals surface area contributed by atoms with Crippen molar-refractivity contribution in [3.63, 3.8) is 0 Å². The van der Waals surface area contributed by atoms with Crippen LogP contribution < -0.4 is 14.8 Å². The van der Waals surface area contributed by atoms with Crippen LogP contribution in [0.2, 0.25) is 0 Å². The van der Waals surface area contributed by atoms with E-state index in [2.05, 4.69) is 9.97 Å². The van der Waals surface area contributed by atoms with Crippen molar-refractivity contribution >= 4 is 17.0 Å². The number of carbonyl (C=O) groups excluding carboxylic acids is 1. The average Bonchev–Trinajstić information content (AvgIpc) is 3.09. The molecule has 3 aromatic rings. The Labute approximate surface area is 163 Å². The van der Waals surface area contributed by atoms with Gasteiger partial charge in [-0.05, 0) is 38.1 Å². The first-order valence-electron chi connectivity index (χ1n) is 8.76. The largest absolute Gasteiger partial charge is 0.494 e. The summed E-state index contributed by atoms with van der Waals surface area (Å²) in [4.78, 5) is 19.5. The molecule has 2 aromatic heterocycles. The number of pyridine rings is 1. The van der Waals surface area contributed by atoms with Gasteiger partial charge in [0.15, 0.2) is 5.58 Å². The maximum Gasteiger partial charge on any atom is 0.471 e. The number of oxazole rings is 1. The first-order valence-corrected chi connectivity index (χ1v) is 8.76.